The van der Waals surface area contributed by atoms with Crippen molar-refractivity contribution in [3.05, 3.63) is 52.5 Å². The monoisotopic (exact) mass is 351 g/mol. The molecule has 20 heavy (non-hydrogen) atoms. The molecule has 0 saturated carbocycles. The number of benzene rings is 2. The lowest BCUT2D eigenvalue weighted by Crippen LogP contribution is -2.18. The van der Waals surface area contributed by atoms with E-state index in [1.165, 1.54) is 0 Å². The van der Waals surface area contributed by atoms with Gasteiger partial charge >= 0.3 is 0 Å². The highest BCUT2D eigenvalue weighted by atomic mass is 79.9. The number of hydrogen-bond acceptors (Lipinski definition) is 3. The van der Waals surface area contributed by atoms with Crippen LogP contribution in [0.4, 0.5) is 0 Å². The first kappa shape index (κ1) is 15.4. The van der Waals surface area contributed by atoms with Crippen molar-refractivity contribution in [1.82, 2.24) is 0 Å². The highest BCUT2D eigenvalue weighted by molar-refractivity contribution is 9.10. The van der Waals surface area contributed by atoms with Crippen LogP contribution in [-0.4, -0.2) is 12.3 Å². The fraction of sp³-hybridized carbons (Fsp3) is 0.250. The minimum atomic E-state index is 0.0995. The maximum Gasteiger partial charge on any atom is 0.140 e. The van der Waals surface area contributed by atoms with Gasteiger partial charge in [-0.2, -0.15) is 0 Å². The van der Waals surface area contributed by atoms with Gasteiger partial charge in [-0.1, -0.05) is 28.1 Å². The van der Waals surface area contributed by atoms with Gasteiger partial charge in [-0.15, -0.1) is 11.8 Å². The molecule has 0 aliphatic heterocycles. The van der Waals surface area contributed by atoms with Crippen molar-refractivity contribution in [2.45, 2.75) is 24.3 Å². The highest BCUT2D eigenvalue weighted by Crippen LogP contribution is 2.34. The van der Waals surface area contributed by atoms with E-state index in [-0.39, 0.29) is 6.04 Å². The molecule has 1 atom stereocenters. The molecule has 0 aliphatic carbocycles. The predicted octanol–water partition coefficient (Wildman–Crippen LogP) is 4.85. The molecular formula is C16H18BrNOS. The quantitative estimate of drug-likeness (QED) is 0.781. The Morgan fingerprint density at radius 1 is 1.20 bits per heavy atom. The summed E-state index contributed by atoms with van der Waals surface area (Å²) >= 11 is 5.18. The summed E-state index contributed by atoms with van der Waals surface area (Å²) in [7, 11) is 0. The molecule has 0 spiro atoms. The Morgan fingerprint density at radius 2 is 1.95 bits per heavy atom. The van der Waals surface area contributed by atoms with Gasteiger partial charge in [0.25, 0.3) is 0 Å². The van der Waals surface area contributed by atoms with E-state index < -0.39 is 0 Å². The van der Waals surface area contributed by atoms with E-state index in [2.05, 4.69) is 28.1 Å². The van der Waals surface area contributed by atoms with Gasteiger partial charge in [-0.25, -0.2) is 0 Å². The van der Waals surface area contributed by atoms with E-state index in [9.17, 15) is 0 Å². The van der Waals surface area contributed by atoms with Gasteiger partial charge in [0.1, 0.15) is 11.5 Å². The summed E-state index contributed by atoms with van der Waals surface area (Å²) in [6.07, 6.45) is 2.84. The van der Waals surface area contributed by atoms with E-state index in [0.29, 0.717) is 0 Å². The molecule has 2 N–H and O–H groups in total. The van der Waals surface area contributed by atoms with Crippen LogP contribution in [0.5, 0.6) is 11.5 Å². The second-order valence-electron chi connectivity index (χ2n) is 4.69. The number of ether oxygens (including phenoxy) is 1. The molecule has 0 bridgehead atoms. The zero-order valence-corrected chi connectivity index (χ0v) is 14.0. The second-order valence-corrected chi connectivity index (χ2v) is 6.45. The van der Waals surface area contributed by atoms with Gasteiger partial charge in [-0.3, -0.25) is 0 Å². The van der Waals surface area contributed by atoms with Crippen LogP contribution < -0.4 is 10.5 Å². The van der Waals surface area contributed by atoms with Gasteiger partial charge in [0.15, 0.2) is 0 Å². The average Bonchev–Trinajstić information content (AvgIpc) is 2.42. The molecule has 1 unspecified atom stereocenters. The molecule has 2 aromatic rings. The van der Waals surface area contributed by atoms with Crippen molar-refractivity contribution < 1.29 is 4.74 Å². The molecule has 0 saturated heterocycles. The number of para-hydroxylation sites is 1. The lowest BCUT2D eigenvalue weighted by Gasteiger charge is -2.15. The fourth-order valence-electron chi connectivity index (χ4n) is 1.98. The highest BCUT2D eigenvalue weighted by Gasteiger charge is 2.10. The van der Waals surface area contributed by atoms with Crippen molar-refractivity contribution >= 4 is 27.7 Å². The van der Waals surface area contributed by atoms with Crippen LogP contribution in [-0.2, 0) is 6.42 Å². The number of thioether (sulfide) groups is 1. The van der Waals surface area contributed by atoms with Gasteiger partial charge in [0, 0.05) is 15.4 Å². The standard InChI is InChI=1S/C16H18BrNOS/c1-11(18)9-12-10-13(17)7-8-14(12)19-15-5-3-4-6-16(15)20-2/h3-8,10-11H,9,18H2,1-2H3. The number of halogens is 1. The third-order valence-electron chi connectivity index (χ3n) is 2.85. The Hall–Kier alpha value is -0.970. The minimum Gasteiger partial charge on any atom is -0.456 e. The van der Waals surface area contributed by atoms with Crippen LogP contribution in [0.25, 0.3) is 0 Å². The smallest absolute Gasteiger partial charge is 0.140 e. The molecule has 4 heteroatoms. The van der Waals surface area contributed by atoms with Crippen LogP contribution in [0.2, 0.25) is 0 Å². The summed E-state index contributed by atoms with van der Waals surface area (Å²) in [6, 6.07) is 14.2. The first-order valence-corrected chi connectivity index (χ1v) is 8.47. The minimum absolute atomic E-state index is 0.0995. The maximum atomic E-state index is 6.09. The molecule has 0 radical (unpaired) electrons. The topological polar surface area (TPSA) is 35.2 Å². The molecule has 0 amide bonds. The van der Waals surface area contributed by atoms with Gasteiger partial charge < -0.3 is 10.5 Å². The summed E-state index contributed by atoms with van der Waals surface area (Å²) in [5.74, 6) is 1.75. The van der Waals surface area contributed by atoms with E-state index in [0.717, 1.165) is 32.9 Å². The Balaban J connectivity index is 2.33. The molecule has 2 aromatic carbocycles. The summed E-state index contributed by atoms with van der Waals surface area (Å²) in [5.41, 5.74) is 7.03. The molecule has 0 heterocycles. The summed E-state index contributed by atoms with van der Waals surface area (Å²) in [6.45, 7) is 2.00. The van der Waals surface area contributed by atoms with E-state index in [4.69, 9.17) is 10.5 Å². The zero-order chi connectivity index (χ0) is 14.5. The second kappa shape index (κ2) is 7.16. The van der Waals surface area contributed by atoms with Crippen LogP contribution >= 0.6 is 27.7 Å². The number of rotatable bonds is 5. The fourth-order valence-corrected chi connectivity index (χ4v) is 2.91. The van der Waals surface area contributed by atoms with Crippen molar-refractivity contribution in [3.8, 4) is 11.5 Å². The molecule has 106 valence electrons. The Kier molecular flexibility index (Phi) is 5.52. The molecule has 0 fully saturated rings. The molecular weight excluding hydrogens is 334 g/mol. The lowest BCUT2D eigenvalue weighted by molar-refractivity contribution is 0.463. The summed E-state index contributed by atoms with van der Waals surface area (Å²) in [4.78, 5) is 1.13. The molecule has 2 rings (SSSR count). The van der Waals surface area contributed by atoms with Gasteiger partial charge in [0.05, 0.1) is 0 Å². The summed E-state index contributed by atoms with van der Waals surface area (Å²) in [5, 5.41) is 0. The Labute approximate surface area is 132 Å². The third-order valence-corrected chi connectivity index (χ3v) is 4.12. The molecule has 0 aromatic heterocycles. The van der Waals surface area contributed by atoms with Crippen molar-refractivity contribution in [2.75, 3.05) is 6.26 Å². The number of nitrogens with two attached hydrogens (primary N) is 1. The van der Waals surface area contributed by atoms with Crippen LogP contribution in [0.1, 0.15) is 12.5 Å². The SMILES string of the molecule is CSc1ccccc1Oc1ccc(Br)cc1CC(C)N. The van der Waals surface area contributed by atoms with Crippen molar-refractivity contribution in [2.24, 2.45) is 5.73 Å². The molecule has 2 nitrogen and oxygen atoms in total. The van der Waals surface area contributed by atoms with Crippen molar-refractivity contribution in [1.29, 1.82) is 0 Å². The zero-order valence-electron chi connectivity index (χ0n) is 11.6. The normalized spacial score (nSPS) is 12.2. The number of hydrogen-bond donors (Lipinski definition) is 1. The van der Waals surface area contributed by atoms with Gasteiger partial charge in [-0.05, 0) is 55.5 Å². The van der Waals surface area contributed by atoms with Crippen molar-refractivity contribution in [3.63, 3.8) is 0 Å². The maximum absolute atomic E-state index is 6.09. The lowest BCUT2D eigenvalue weighted by atomic mass is 10.1. The van der Waals surface area contributed by atoms with E-state index in [1.807, 2.05) is 43.5 Å². The van der Waals surface area contributed by atoms with Gasteiger partial charge in [0.2, 0.25) is 0 Å². The molecule has 0 aliphatic rings. The van der Waals surface area contributed by atoms with E-state index >= 15 is 0 Å². The van der Waals surface area contributed by atoms with Crippen LogP contribution in [0.15, 0.2) is 51.8 Å². The van der Waals surface area contributed by atoms with Crippen LogP contribution in [0.3, 0.4) is 0 Å². The predicted molar refractivity (Wildman–Crippen MR) is 89.8 cm³/mol. The average molecular weight is 352 g/mol. The Bertz CT molecular complexity index is 586. The Morgan fingerprint density at radius 3 is 2.65 bits per heavy atom. The first-order chi connectivity index (χ1) is 9.60. The van der Waals surface area contributed by atoms with E-state index in [1.54, 1.807) is 11.8 Å². The summed E-state index contributed by atoms with van der Waals surface area (Å²) < 4.78 is 7.13. The largest absolute Gasteiger partial charge is 0.456 e. The first-order valence-electron chi connectivity index (χ1n) is 6.45. The van der Waals surface area contributed by atoms with Crippen LogP contribution in [0, 0.1) is 0 Å². The third kappa shape index (κ3) is 4.01.